The van der Waals surface area contributed by atoms with Crippen LogP contribution in [0.1, 0.15) is 30.1 Å². The summed E-state index contributed by atoms with van der Waals surface area (Å²) in [6, 6.07) is 3.68. The van der Waals surface area contributed by atoms with Gasteiger partial charge < -0.3 is 14.5 Å². The molecule has 0 bridgehead atoms. The average Bonchev–Trinajstić information content (AvgIpc) is 2.52. The lowest BCUT2D eigenvalue weighted by Gasteiger charge is -2.33. The molecule has 2 heterocycles. The van der Waals surface area contributed by atoms with Gasteiger partial charge in [-0.3, -0.25) is 4.79 Å². The summed E-state index contributed by atoms with van der Waals surface area (Å²) in [7, 11) is 3.82. The number of nitrogens with zero attached hydrogens (tertiary/aromatic N) is 3. The Labute approximate surface area is 126 Å². The van der Waals surface area contributed by atoms with Crippen LogP contribution in [-0.2, 0) is 4.74 Å². The SMILES string of the molecule is CCOCC1CCCN(C(=O)c2cccnc2N(C)C)C1. The van der Waals surface area contributed by atoms with Gasteiger partial charge in [0.25, 0.3) is 5.91 Å². The van der Waals surface area contributed by atoms with Gasteiger partial charge in [-0.25, -0.2) is 4.98 Å². The lowest BCUT2D eigenvalue weighted by Crippen LogP contribution is -2.41. The van der Waals surface area contributed by atoms with Crippen LogP contribution in [-0.4, -0.2) is 56.2 Å². The van der Waals surface area contributed by atoms with Crippen molar-refractivity contribution < 1.29 is 9.53 Å². The van der Waals surface area contributed by atoms with Gasteiger partial charge >= 0.3 is 0 Å². The van der Waals surface area contributed by atoms with E-state index in [1.165, 1.54) is 0 Å². The predicted octanol–water partition coefficient (Wildman–Crippen LogP) is 2.04. The molecule has 0 saturated carbocycles. The van der Waals surface area contributed by atoms with Gasteiger partial charge in [0.05, 0.1) is 12.2 Å². The van der Waals surface area contributed by atoms with Gasteiger partial charge in [0.1, 0.15) is 5.82 Å². The maximum atomic E-state index is 12.8. The summed E-state index contributed by atoms with van der Waals surface area (Å²) in [5, 5.41) is 0. The van der Waals surface area contributed by atoms with Crippen molar-refractivity contribution in [3.05, 3.63) is 23.9 Å². The quantitative estimate of drug-likeness (QED) is 0.833. The highest BCUT2D eigenvalue weighted by Crippen LogP contribution is 2.22. The summed E-state index contributed by atoms with van der Waals surface area (Å²) in [6.07, 6.45) is 3.90. The minimum atomic E-state index is 0.0769. The molecule has 1 saturated heterocycles. The molecule has 0 aliphatic carbocycles. The number of piperidine rings is 1. The van der Waals surface area contributed by atoms with Crippen LogP contribution in [0.2, 0.25) is 0 Å². The number of hydrogen-bond donors (Lipinski definition) is 0. The van der Waals surface area contributed by atoms with Crippen LogP contribution in [0.5, 0.6) is 0 Å². The normalized spacial score (nSPS) is 18.6. The van der Waals surface area contributed by atoms with Crippen molar-refractivity contribution in [1.29, 1.82) is 0 Å². The maximum absolute atomic E-state index is 12.8. The smallest absolute Gasteiger partial charge is 0.257 e. The standard InChI is InChI=1S/C16H25N3O2/c1-4-21-12-13-7-6-10-19(11-13)16(20)14-8-5-9-17-15(14)18(2)3/h5,8-9,13H,4,6-7,10-12H2,1-3H3. The van der Waals surface area contributed by atoms with E-state index in [9.17, 15) is 4.79 Å². The van der Waals surface area contributed by atoms with Crippen molar-refractivity contribution in [2.24, 2.45) is 5.92 Å². The Morgan fingerprint density at radius 3 is 3.05 bits per heavy atom. The van der Waals surface area contributed by atoms with E-state index < -0.39 is 0 Å². The van der Waals surface area contributed by atoms with Crippen molar-refractivity contribution in [1.82, 2.24) is 9.88 Å². The Morgan fingerprint density at radius 1 is 1.52 bits per heavy atom. The van der Waals surface area contributed by atoms with Crippen LogP contribution in [0.4, 0.5) is 5.82 Å². The second kappa shape index (κ2) is 7.41. The number of aromatic nitrogens is 1. The Morgan fingerprint density at radius 2 is 2.33 bits per heavy atom. The van der Waals surface area contributed by atoms with E-state index in [0.717, 1.165) is 45.0 Å². The number of amides is 1. The molecule has 1 atom stereocenters. The van der Waals surface area contributed by atoms with E-state index in [4.69, 9.17) is 4.74 Å². The Kier molecular flexibility index (Phi) is 5.56. The molecule has 1 aromatic heterocycles. The summed E-state index contributed by atoms with van der Waals surface area (Å²) in [4.78, 5) is 20.9. The molecule has 1 unspecified atom stereocenters. The van der Waals surface area contributed by atoms with E-state index in [-0.39, 0.29) is 5.91 Å². The van der Waals surface area contributed by atoms with E-state index >= 15 is 0 Å². The fraction of sp³-hybridized carbons (Fsp3) is 0.625. The number of ether oxygens (including phenoxy) is 1. The van der Waals surface area contributed by atoms with Gasteiger partial charge in [-0.05, 0) is 37.8 Å². The zero-order chi connectivity index (χ0) is 15.2. The molecule has 5 nitrogen and oxygen atoms in total. The average molecular weight is 291 g/mol. The number of carbonyl (C=O) groups is 1. The highest BCUT2D eigenvalue weighted by atomic mass is 16.5. The van der Waals surface area contributed by atoms with Gasteiger partial charge in [0.15, 0.2) is 0 Å². The lowest BCUT2D eigenvalue weighted by atomic mass is 9.98. The predicted molar refractivity (Wildman–Crippen MR) is 83.7 cm³/mol. The Balaban J connectivity index is 2.09. The summed E-state index contributed by atoms with van der Waals surface area (Å²) >= 11 is 0. The first kappa shape index (κ1) is 15.8. The number of pyridine rings is 1. The second-order valence-electron chi connectivity index (χ2n) is 5.69. The lowest BCUT2D eigenvalue weighted by molar-refractivity contribution is 0.0501. The third-order valence-corrected chi connectivity index (χ3v) is 3.80. The molecule has 0 N–H and O–H groups in total. The van der Waals surface area contributed by atoms with Crippen LogP contribution in [0, 0.1) is 5.92 Å². The number of anilines is 1. The van der Waals surface area contributed by atoms with Gasteiger partial charge in [-0.1, -0.05) is 0 Å². The fourth-order valence-electron chi connectivity index (χ4n) is 2.76. The zero-order valence-corrected chi connectivity index (χ0v) is 13.2. The summed E-state index contributed by atoms with van der Waals surface area (Å²) < 4.78 is 5.51. The molecule has 1 aliphatic heterocycles. The minimum Gasteiger partial charge on any atom is -0.381 e. The van der Waals surface area contributed by atoms with Gasteiger partial charge in [0.2, 0.25) is 0 Å². The molecule has 2 rings (SSSR count). The molecule has 5 heteroatoms. The summed E-state index contributed by atoms with van der Waals surface area (Å²) in [6.45, 7) is 5.08. The molecule has 1 fully saturated rings. The van der Waals surface area contributed by atoms with Gasteiger partial charge in [-0.2, -0.15) is 0 Å². The Hall–Kier alpha value is -1.62. The van der Waals surface area contributed by atoms with Crippen molar-refractivity contribution >= 4 is 11.7 Å². The largest absolute Gasteiger partial charge is 0.381 e. The summed E-state index contributed by atoms with van der Waals surface area (Å²) in [5.74, 6) is 1.25. The van der Waals surface area contributed by atoms with Crippen molar-refractivity contribution in [2.45, 2.75) is 19.8 Å². The second-order valence-corrected chi connectivity index (χ2v) is 5.69. The Bertz CT molecular complexity index is 476. The minimum absolute atomic E-state index is 0.0769. The van der Waals surface area contributed by atoms with E-state index in [2.05, 4.69) is 4.98 Å². The van der Waals surface area contributed by atoms with Crippen LogP contribution >= 0.6 is 0 Å². The molecule has 1 aliphatic rings. The van der Waals surface area contributed by atoms with Crippen LogP contribution in [0.15, 0.2) is 18.3 Å². The van der Waals surface area contributed by atoms with E-state index in [1.54, 1.807) is 6.20 Å². The fourth-order valence-corrected chi connectivity index (χ4v) is 2.76. The molecule has 0 aromatic carbocycles. The monoisotopic (exact) mass is 291 g/mol. The molecule has 116 valence electrons. The first-order valence-corrected chi connectivity index (χ1v) is 7.62. The third-order valence-electron chi connectivity index (χ3n) is 3.80. The number of likely N-dealkylation sites (tertiary alicyclic amines) is 1. The molecular formula is C16H25N3O2. The molecule has 1 aromatic rings. The first-order chi connectivity index (χ1) is 10.1. The third kappa shape index (κ3) is 3.94. The van der Waals surface area contributed by atoms with Gasteiger partial charge in [-0.15, -0.1) is 0 Å². The van der Waals surface area contributed by atoms with Crippen molar-refractivity contribution in [3.8, 4) is 0 Å². The number of rotatable bonds is 5. The van der Waals surface area contributed by atoms with Crippen LogP contribution < -0.4 is 4.90 Å². The topological polar surface area (TPSA) is 45.7 Å². The van der Waals surface area contributed by atoms with Gasteiger partial charge in [0, 0.05) is 40.0 Å². The highest BCUT2D eigenvalue weighted by Gasteiger charge is 2.26. The van der Waals surface area contributed by atoms with E-state index in [1.807, 2.05) is 43.0 Å². The summed E-state index contributed by atoms with van der Waals surface area (Å²) in [5.41, 5.74) is 0.680. The number of hydrogen-bond acceptors (Lipinski definition) is 4. The van der Waals surface area contributed by atoms with Crippen molar-refractivity contribution in [2.75, 3.05) is 45.3 Å². The zero-order valence-electron chi connectivity index (χ0n) is 13.2. The highest BCUT2D eigenvalue weighted by molar-refractivity contribution is 5.98. The number of carbonyl (C=O) groups excluding carboxylic acids is 1. The molecule has 1 amide bonds. The van der Waals surface area contributed by atoms with Crippen LogP contribution in [0.25, 0.3) is 0 Å². The van der Waals surface area contributed by atoms with Crippen molar-refractivity contribution in [3.63, 3.8) is 0 Å². The van der Waals surface area contributed by atoms with E-state index in [0.29, 0.717) is 11.5 Å². The first-order valence-electron chi connectivity index (χ1n) is 7.62. The molecule has 21 heavy (non-hydrogen) atoms. The van der Waals surface area contributed by atoms with Crippen LogP contribution in [0.3, 0.4) is 0 Å². The maximum Gasteiger partial charge on any atom is 0.257 e. The molecular weight excluding hydrogens is 266 g/mol. The molecule has 0 radical (unpaired) electrons. The molecule has 0 spiro atoms.